The van der Waals surface area contributed by atoms with E-state index in [-0.39, 0.29) is 36.8 Å². The summed E-state index contributed by atoms with van der Waals surface area (Å²) in [4.78, 5) is 13.9. The zero-order valence-electron chi connectivity index (χ0n) is 12.2. The van der Waals surface area contributed by atoms with Gasteiger partial charge in [-0.25, -0.2) is 0 Å². The summed E-state index contributed by atoms with van der Waals surface area (Å²) in [6.07, 6.45) is 0.608. The number of amides is 1. The monoisotopic (exact) mass is 331 g/mol. The van der Waals surface area contributed by atoms with Gasteiger partial charge in [0, 0.05) is 33.3 Å². The fraction of sp³-hybridized carbons (Fsp3) is 0.917. The maximum atomic E-state index is 11.7. The van der Waals surface area contributed by atoms with E-state index in [2.05, 4.69) is 22.6 Å². The number of ether oxygens (including phenoxy) is 2. The van der Waals surface area contributed by atoms with E-state index in [1.807, 2.05) is 0 Å². The van der Waals surface area contributed by atoms with Crippen molar-refractivity contribution in [3.8, 4) is 0 Å². The molecule has 1 amide bonds. The first-order valence-electron chi connectivity index (χ1n) is 6.51. The van der Waals surface area contributed by atoms with Crippen LogP contribution in [-0.2, 0) is 14.3 Å². The Balaban J connectivity index is 0. The largest absolute Gasteiger partial charge is 0.383 e. The predicted octanol–water partition coefficient (Wildman–Crippen LogP) is -0.0971. The van der Waals surface area contributed by atoms with Crippen LogP contribution in [0.4, 0.5) is 0 Å². The van der Waals surface area contributed by atoms with Crippen molar-refractivity contribution in [3.63, 3.8) is 0 Å². The Hall–Kier alpha value is -0.110. The maximum absolute atomic E-state index is 11.7. The van der Waals surface area contributed by atoms with Crippen molar-refractivity contribution in [1.82, 2.24) is 15.5 Å². The van der Waals surface area contributed by atoms with E-state index in [1.165, 1.54) is 0 Å². The number of likely N-dealkylation sites (N-methyl/N-ethyl adjacent to an activating group) is 1. The van der Waals surface area contributed by atoms with E-state index >= 15 is 0 Å². The third kappa shape index (κ3) is 9.74. The summed E-state index contributed by atoms with van der Waals surface area (Å²) in [6, 6.07) is 0. The standard InChI is InChI=1S/C12H25N3O3.2ClH/c1-15(7-9-17-2)6-3-4-14-12(16)11-10-13-5-8-18-11;;/h11,13H,3-10H2,1-2H3,(H,14,16);2*1H. The Kier molecular flexibility index (Phi) is 15.4. The van der Waals surface area contributed by atoms with E-state index < -0.39 is 0 Å². The van der Waals surface area contributed by atoms with Gasteiger partial charge in [0.05, 0.1) is 13.2 Å². The minimum absolute atomic E-state index is 0. The van der Waals surface area contributed by atoms with Crippen LogP contribution in [0, 0.1) is 0 Å². The van der Waals surface area contributed by atoms with Gasteiger partial charge in [0.1, 0.15) is 6.10 Å². The molecule has 0 aromatic rings. The summed E-state index contributed by atoms with van der Waals surface area (Å²) in [5.41, 5.74) is 0. The number of nitrogens with zero attached hydrogens (tertiary/aromatic N) is 1. The molecular weight excluding hydrogens is 305 g/mol. The van der Waals surface area contributed by atoms with Crippen molar-refractivity contribution >= 4 is 30.7 Å². The molecule has 1 aliphatic heterocycles. The van der Waals surface area contributed by atoms with Crippen LogP contribution < -0.4 is 10.6 Å². The SMILES string of the molecule is COCCN(C)CCCNC(=O)C1CNCCO1.Cl.Cl. The molecule has 0 bridgehead atoms. The van der Waals surface area contributed by atoms with Gasteiger partial charge >= 0.3 is 0 Å². The second kappa shape index (κ2) is 13.9. The predicted molar refractivity (Wildman–Crippen MR) is 84.1 cm³/mol. The van der Waals surface area contributed by atoms with Crippen molar-refractivity contribution in [2.75, 3.05) is 60.1 Å². The average molecular weight is 332 g/mol. The first-order chi connectivity index (χ1) is 8.74. The van der Waals surface area contributed by atoms with Gasteiger partial charge < -0.3 is 25.0 Å². The number of rotatable bonds is 8. The lowest BCUT2D eigenvalue weighted by Crippen LogP contribution is -2.48. The van der Waals surface area contributed by atoms with Crippen LogP contribution in [0.2, 0.25) is 0 Å². The van der Waals surface area contributed by atoms with Gasteiger partial charge in [-0.15, -0.1) is 24.8 Å². The molecule has 0 saturated carbocycles. The molecule has 1 atom stereocenters. The molecule has 20 heavy (non-hydrogen) atoms. The number of morpholine rings is 1. The van der Waals surface area contributed by atoms with Crippen LogP contribution in [0.25, 0.3) is 0 Å². The van der Waals surface area contributed by atoms with E-state index in [0.717, 1.165) is 32.7 Å². The third-order valence-electron chi connectivity index (χ3n) is 2.91. The fourth-order valence-corrected chi connectivity index (χ4v) is 1.77. The zero-order valence-corrected chi connectivity index (χ0v) is 13.9. The summed E-state index contributed by atoms with van der Waals surface area (Å²) < 4.78 is 10.4. The quantitative estimate of drug-likeness (QED) is 0.608. The molecule has 1 heterocycles. The van der Waals surface area contributed by atoms with Gasteiger partial charge in [0.2, 0.25) is 5.91 Å². The Morgan fingerprint density at radius 1 is 1.45 bits per heavy atom. The number of halogens is 2. The second-order valence-electron chi connectivity index (χ2n) is 4.50. The first kappa shape index (κ1) is 22.2. The molecular formula is C12H27Cl2N3O3. The first-order valence-corrected chi connectivity index (χ1v) is 6.51. The molecule has 2 N–H and O–H groups in total. The zero-order chi connectivity index (χ0) is 13.2. The van der Waals surface area contributed by atoms with Crippen molar-refractivity contribution in [2.24, 2.45) is 0 Å². The highest BCUT2D eigenvalue weighted by Crippen LogP contribution is 1.96. The summed E-state index contributed by atoms with van der Waals surface area (Å²) in [6.45, 7) is 5.35. The summed E-state index contributed by atoms with van der Waals surface area (Å²) in [5.74, 6) is -0.0123. The normalized spacial score (nSPS) is 18.1. The molecule has 0 aliphatic carbocycles. The number of hydrogen-bond acceptors (Lipinski definition) is 5. The van der Waals surface area contributed by atoms with Crippen LogP contribution in [0.3, 0.4) is 0 Å². The molecule has 1 rings (SSSR count). The minimum Gasteiger partial charge on any atom is -0.383 e. The van der Waals surface area contributed by atoms with Gasteiger partial charge in [-0.3, -0.25) is 4.79 Å². The van der Waals surface area contributed by atoms with Crippen LogP contribution in [0.15, 0.2) is 0 Å². The van der Waals surface area contributed by atoms with Crippen LogP contribution in [-0.4, -0.2) is 77.0 Å². The lowest BCUT2D eigenvalue weighted by atomic mass is 10.3. The van der Waals surface area contributed by atoms with E-state index in [9.17, 15) is 4.79 Å². The third-order valence-corrected chi connectivity index (χ3v) is 2.91. The Morgan fingerprint density at radius 2 is 2.20 bits per heavy atom. The summed E-state index contributed by atoms with van der Waals surface area (Å²) in [7, 11) is 3.75. The highest BCUT2D eigenvalue weighted by atomic mass is 35.5. The van der Waals surface area contributed by atoms with E-state index in [1.54, 1.807) is 7.11 Å². The average Bonchev–Trinajstić information content (AvgIpc) is 2.42. The minimum atomic E-state index is -0.329. The molecule has 0 spiro atoms. The van der Waals surface area contributed by atoms with Crippen molar-refractivity contribution in [1.29, 1.82) is 0 Å². The summed E-state index contributed by atoms with van der Waals surface area (Å²) in [5, 5.41) is 6.04. The van der Waals surface area contributed by atoms with E-state index in [4.69, 9.17) is 9.47 Å². The van der Waals surface area contributed by atoms with Crippen molar-refractivity contribution in [2.45, 2.75) is 12.5 Å². The number of methoxy groups -OCH3 is 1. The molecule has 1 aliphatic rings. The molecule has 8 heteroatoms. The highest BCUT2D eigenvalue weighted by Gasteiger charge is 2.20. The topological polar surface area (TPSA) is 62.8 Å². The Labute approximate surface area is 133 Å². The lowest BCUT2D eigenvalue weighted by molar-refractivity contribution is -0.134. The van der Waals surface area contributed by atoms with E-state index in [0.29, 0.717) is 19.7 Å². The van der Waals surface area contributed by atoms with Crippen molar-refractivity contribution < 1.29 is 14.3 Å². The maximum Gasteiger partial charge on any atom is 0.250 e. The smallest absolute Gasteiger partial charge is 0.250 e. The Bertz CT molecular complexity index is 242. The van der Waals surface area contributed by atoms with Gasteiger partial charge in [-0.1, -0.05) is 0 Å². The molecule has 1 saturated heterocycles. The highest BCUT2D eigenvalue weighted by molar-refractivity contribution is 5.85. The molecule has 0 aromatic carbocycles. The van der Waals surface area contributed by atoms with Gasteiger partial charge in [0.25, 0.3) is 0 Å². The molecule has 0 aromatic heterocycles. The van der Waals surface area contributed by atoms with Crippen LogP contribution in [0.5, 0.6) is 0 Å². The lowest BCUT2D eigenvalue weighted by Gasteiger charge is -2.23. The number of carbonyl (C=O) groups is 1. The van der Waals surface area contributed by atoms with Crippen molar-refractivity contribution in [3.05, 3.63) is 0 Å². The summed E-state index contributed by atoms with van der Waals surface area (Å²) >= 11 is 0. The molecule has 0 radical (unpaired) electrons. The fourth-order valence-electron chi connectivity index (χ4n) is 1.77. The van der Waals surface area contributed by atoms with Gasteiger partial charge in [0.15, 0.2) is 0 Å². The molecule has 6 nitrogen and oxygen atoms in total. The molecule has 1 fully saturated rings. The molecule has 122 valence electrons. The second-order valence-corrected chi connectivity index (χ2v) is 4.50. The van der Waals surface area contributed by atoms with Gasteiger partial charge in [-0.2, -0.15) is 0 Å². The number of nitrogens with one attached hydrogen (secondary N) is 2. The van der Waals surface area contributed by atoms with Gasteiger partial charge in [-0.05, 0) is 20.0 Å². The number of hydrogen-bond donors (Lipinski definition) is 2. The van der Waals surface area contributed by atoms with Crippen LogP contribution in [0.1, 0.15) is 6.42 Å². The molecule has 1 unspecified atom stereocenters. The van der Waals surface area contributed by atoms with Crippen LogP contribution >= 0.6 is 24.8 Å². The Morgan fingerprint density at radius 3 is 2.80 bits per heavy atom. The number of carbonyl (C=O) groups excluding carboxylic acids is 1.